The molecule has 0 atom stereocenters. The molecule has 0 fully saturated rings. The zero-order valence-electron chi connectivity index (χ0n) is 28.9. The first-order valence-corrected chi connectivity index (χ1v) is 17.4. The number of para-hydroxylation sites is 12. The second-order valence-corrected chi connectivity index (χ2v) is 12.6. The molecule has 13 heteroatoms. The number of nitrogens with one attached hydrogen (secondary N) is 6. The minimum Gasteiger partial charge on any atom is -0.335 e. The fraction of sp³-hybridized carbons (Fsp3) is 0. The minimum atomic E-state index is 0. The molecule has 6 heterocycles. The predicted molar refractivity (Wildman–Crippen MR) is 214 cm³/mol. The Morgan fingerprint density at radius 2 is 0.364 bits per heavy atom. The molecule has 6 N–H and O–H groups in total. The molecule has 0 bridgehead atoms. The third kappa shape index (κ3) is 6.64. The number of hydrogen-bond donors (Lipinski definition) is 6. The maximum absolute atomic E-state index is 4.53. The molecule has 6 aromatic carbocycles. The van der Waals surface area contributed by atoms with Crippen molar-refractivity contribution < 1.29 is 19.5 Å². The van der Waals surface area contributed by atoms with Gasteiger partial charge in [0.25, 0.3) is 0 Å². The molecular formula is C42H30N12Ru. The Morgan fingerprint density at radius 1 is 0.218 bits per heavy atom. The van der Waals surface area contributed by atoms with Gasteiger partial charge in [-0.2, -0.15) is 0 Å². The number of aromatic nitrogens is 12. The largest absolute Gasteiger partial charge is 0.335 e. The van der Waals surface area contributed by atoms with E-state index in [1.54, 1.807) is 0 Å². The summed E-state index contributed by atoms with van der Waals surface area (Å²) in [6, 6.07) is 47.8. The predicted octanol–water partition coefficient (Wildman–Crippen LogP) is 9.32. The van der Waals surface area contributed by atoms with E-state index >= 15 is 0 Å². The average Bonchev–Trinajstić information content (AvgIpc) is 4.07. The third-order valence-electron chi connectivity index (χ3n) is 9.01. The summed E-state index contributed by atoms with van der Waals surface area (Å²) in [5.41, 5.74) is 11.8. The average molecular weight is 804 g/mol. The van der Waals surface area contributed by atoms with Gasteiger partial charge in [0.15, 0.2) is 34.9 Å². The van der Waals surface area contributed by atoms with Crippen molar-refractivity contribution in [3.63, 3.8) is 0 Å². The van der Waals surface area contributed by atoms with Gasteiger partial charge in [0, 0.05) is 19.5 Å². The van der Waals surface area contributed by atoms with Crippen LogP contribution in [0.25, 0.3) is 101 Å². The molecule has 0 radical (unpaired) electrons. The van der Waals surface area contributed by atoms with Gasteiger partial charge in [0.05, 0.1) is 66.2 Å². The van der Waals surface area contributed by atoms with Crippen molar-refractivity contribution in [2.24, 2.45) is 0 Å². The third-order valence-corrected chi connectivity index (χ3v) is 9.01. The molecule has 0 spiro atoms. The Morgan fingerprint density at radius 3 is 0.509 bits per heavy atom. The molecule has 6 aromatic heterocycles. The fourth-order valence-electron chi connectivity index (χ4n) is 6.39. The van der Waals surface area contributed by atoms with Crippen LogP contribution in [0.4, 0.5) is 0 Å². The van der Waals surface area contributed by atoms with Gasteiger partial charge in [-0.3, -0.25) is 0 Å². The first-order valence-electron chi connectivity index (χ1n) is 17.4. The first-order chi connectivity index (χ1) is 26.7. The molecule has 0 amide bonds. The van der Waals surface area contributed by atoms with E-state index in [4.69, 9.17) is 0 Å². The molecule has 0 saturated carbocycles. The van der Waals surface area contributed by atoms with Crippen LogP contribution in [0, 0.1) is 0 Å². The maximum atomic E-state index is 4.53. The summed E-state index contributed by atoms with van der Waals surface area (Å²) in [5, 5.41) is 0. The van der Waals surface area contributed by atoms with Crippen LogP contribution < -0.4 is 0 Å². The van der Waals surface area contributed by atoms with Crippen molar-refractivity contribution in [1.29, 1.82) is 0 Å². The first kappa shape index (κ1) is 33.6. The van der Waals surface area contributed by atoms with Crippen molar-refractivity contribution >= 4 is 66.2 Å². The summed E-state index contributed by atoms with van der Waals surface area (Å²) < 4.78 is 0. The van der Waals surface area contributed by atoms with Gasteiger partial charge in [-0.1, -0.05) is 72.8 Å². The Bertz CT molecular complexity index is 2460. The molecule has 0 unspecified atom stereocenters. The molecule has 12 nitrogen and oxygen atoms in total. The van der Waals surface area contributed by atoms with E-state index in [9.17, 15) is 0 Å². The van der Waals surface area contributed by atoms with E-state index < -0.39 is 0 Å². The molecule has 0 aliphatic heterocycles. The van der Waals surface area contributed by atoms with E-state index in [1.807, 2.05) is 146 Å². The number of aromatic amines is 6. The number of benzene rings is 6. The van der Waals surface area contributed by atoms with Crippen molar-refractivity contribution in [2.45, 2.75) is 0 Å². The summed E-state index contributed by atoms with van der Waals surface area (Å²) in [5.74, 6) is 4.62. The summed E-state index contributed by atoms with van der Waals surface area (Å²) >= 11 is 0. The van der Waals surface area contributed by atoms with Crippen molar-refractivity contribution in [3.8, 4) is 34.9 Å². The standard InChI is InChI=1S/3C14H10N4.Ru/c3*1-2-6-10-9(5-1)15-13(16-10)14-17-11-7-3-4-8-12(11)18-14;/h3*1-8H,(H,15,16)(H,17,18);. The molecule has 55 heavy (non-hydrogen) atoms. The Hall–Kier alpha value is -7.24. The number of hydrogen-bond acceptors (Lipinski definition) is 6. The zero-order chi connectivity index (χ0) is 35.8. The Balaban J connectivity index is 0.000000107. The van der Waals surface area contributed by atoms with Crippen LogP contribution in [0.15, 0.2) is 146 Å². The summed E-state index contributed by atoms with van der Waals surface area (Å²) in [6.07, 6.45) is 0. The van der Waals surface area contributed by atoms with E-state index in [0.717, 1.165) is 101 Å². The summed E-state index contributed by atoms with van der Waals surface area (Å²) in [6.45, 7) is 0. The number of H-pyrrole nitrogens is 6. The number of rotatable bonds is 3. The molecule has 266 valence electrons. The SMILES string of the molecule is [Ru].c1ccc2[nH]c(-c3nc4ccccc4[nH]3)nc2c1.c1ccc2[nH]c(-c3nc4ccccc4[nH]3)nc2c1.c1ccc2[nH]c(-c3nc4ccccc4[nH]3)nc2c1. The summed E-state index contributed by atoms with van der Waals surface area (Å²) in [7, 11) is 0. The van der Waals surface area contributed by atoms with Gasteiger partial charge in [0.1, 0.15) is 0 Å². The van der Waals surface area contributed by atoms with E-state index in [0.29, 0.717) is 0 Å². The van der Waals surface area contributed by atoms with Crippen LogP contribution in [-0.2, 0) is 19.5 Å². The van der Waals surface area contributed by atoms with Gasteiger partial charge in [0.2, 0.25) is 0 Å². The smallest absolute Gasteiger partial charge is 0.174 e. The Labute approximate surface area is 324 Å². The van der Waals surface area contributed by atoms with Crippen LogP contribution in [-0.4, -0.2) is 59.8 Å². The van der Waals surface area contributed by atoms with Crippen LogP contribution in [0.5, 0.6) is 0 Å². The van der Waals surface area contributed by atoms with Crippen molar-refractivity contribution in [2.75, 3.05) is 0 Å². The number of nitrogens with zero attached hydrogens (tertiary/aromatic N) is 6. The second kappa shape index (κ2) is 14.3. The molecular weight excluding hydrogens is 774 g/mol. The van der Waals surface area contributed by atoms with Gasteiger partial charge < -0.3 is 29.9 Å². The fourth-order valence-corrected chi connectivity index (χ4v) is 6.39. The minimum absolute atomic E-state index is 0. The van der Waals surface area contributed by atoms with Crippen molar-refractivity contribution in [1.82, 2.24) is 59.8 Å². The van der Waals surface area contributed by atoms with Gasteiger partial charge in [-0.25, -0.2) is 29.9 Å². The van der Waals surface area contributed by atoms with Gasteiger partial charge in [-0.15, -0.1) is 0 Å². The number of imidazole rings is 6. The van der Waals surface area contributed by atoms with Crippen LogP contribution in [0.1, 0.15) is 0 Å². The summed E-state index contributed by atoms with van der Waals surface area (Å²) in [4.78, 5) is 46.8. The molecule has 0 saturated heterocycles. The topological polar surface area (TPSA) is 172 Å². The molecule has 12 aromatic rings. The van der Waals surface area contributed by atoms with Crippen molar-refractivity contribution in [3.05, 3.63) is 146 Å². The normalized spacial score (nSPS) is 11.1. The van der Waals surface area contributed by atoms with E-state index in [1.165, 1.54) is 0 Å². The van der Waals surface area contributed by atoms with Gasteiger partial charge in [-0.05, 0) is 72.8 Å². The maximum Gasteiger partial charge on any atom is 0.174 e. The van der Waals surface area contributed by atoms with Crippen LogP contribution in [0.2, 0.25) is 0 Å². The van der Waals surface area contributed by atoms with Crippen LogP contribution in [0.3, 0.4) is 0 Å². The van der Waals surface area contributed by atoms with E-state index in [2.05, 4.69) is 59.8 Å². The van der Waals surface area contributed by atoms with Crippen LogP contribution >= 0.6 is 0 Å². The monoisotopic (exact) mass is 804 g/mol. The zero-order valence-corrected chi connectivity index (χ0v) is 30.6. The molecule has 0 aliphatic carbocycles. The quantitative estimate of drug-likeness (QED) is 0.0972. The van der Waals surface area contributed by atoms with E-state index in [-0.39, 0.29) is 19.5 Å². The molecule has 12 rings (SSSR count). The number of fused-ring (bicyclic) bond motifs is 6. The van der Waals surface area contributed by atoms with Gasteiger partial charge >= 0.3 is 0 Å². The molecule has 0 aliphatic rings. The Kier molecular flexibility index (Phi) is 8.73. The second-order valence-electron chi connectivity index (χ2n) is 12.6.